The third-order valence-electron chi connectivity index (χ3n) is 12.3. The molecule has 2 aliphatic carbocycles. The van der Waals surface area contributed by atoms with Crippen LogP contribution in [0.5, 0.6) is 0 Å². The summed E-state index contributed by atoms with van der Waals surface area (Å²) >= 11 is 0. The van der Waals surface area contributed by atoms with Crippen molar-refractivity contribution in [1.29, 1.82) is 0 Å². The number of esters is 3. The first-order valence-corrected chi connectivity index (χ1v) is 17.0. The van der Waals surface area contributed by atoms with Gasteiger partial charge in [0.05, 0.1) is 17.1 Å². The SMILES string of the molecule is C=C(C)C12OC3(c4ccccc4)OC1C(C)C1(O)C(C(OC(C)=O)C4(C)OC5(C(OC(C)=O)C(C)CC15)C4OC(=O)c1ccccc1)C2O3. The van der Waals surface area contributed by atoms with Crippen LogP contribution in [-0.4, -0.2) is 75.9 Å². The lowest BCUT2D eigenvalue weighted by molar-refractivity contribution is -0.389. The minimum atomic E-state index is -1.74. The number of rotatable bonds is 6. The fraction of sp³-hybridized carbons (Fsp3) is 0.553. The molecule has 0 radical (unpaired) electrons. The van der Waals surface area contributed by atoms with E-state index >= 15 is 0 Å². The molecule has 0 amide bonds. The van der Waals surface area contributed by atoms with Crippen molar-refractivity contribution >= 4 is 17.9 Å². The average Bonchev–Trinajstić information content (AvgIpc) is 3.68. The van der Waals surface area contributed by atoms with Crippen LogP contribution in [0, 0.1) is 23.7 Å². The molecule has 8 rings (SSSR count). The van der Waals surface area contributed by atoms with Crippen molar-refractivity contribution in [1.82, 2.24) is 0 Å². The van der Waals surface area contributed by atoms with E-state index < -0.39 is 94.6 Å². The van der Waals surface area contributed by atoms with Crippen LogP contribution in [0.25, 0.3) is 0 Å². The number of carbonyl (C=O) groups is 3. The number of aliphatic hydroxyl groups is 1. The highest BCUT2D eigenvalue weighted by Crippen LogP contribution is 2.74. The Kier molecular flexibility index (Phi) is 6.96. The van der Waals surface area contributed by atoms with E-state index in [1.807, 2.05) is 51.1 Å². The molecule has 4 aliphatic heterocycles. The zero-order valence-electron chi connectivity index (χ0n) is 28.4. The number of benzene rings is 2. The Morgan fingerprint density at radius 1 is 0.837 bits per heavy atom. The fourth-order valence-corrected chi connectivity index (χ4v) is 10.5. The molecule has 4 saturated heterocycles. The summed E-state index contributed by atoms with van der Waals surface area (Å²) in [7, 11) is 0. The summed E-state index contributed by atoms with van der Waals surface area (Å²) in [5.74, 6) is -6.20. The van der Waals surface area contributed by atoms with E-state index in [4.69, 9.17) is 33.2 Å². The molecule has 2 aromatic carbocycles. The zero-order valence-corrected chi connectivity index (χ0v) is 28.4. The summed E-state index contributed by atoms with van der Waals surface area (Å²) in [5.41, 5.74) is -4.44. The molecule has 2 saturated carbocycles. The average molecular weight is 675 g/mol. The molecule has 6 fully saturated rings. The normalized spacial score (nSPS) is 46.8. The Bertz CT molecular complexity index is 1730. The van der Waals surface area contributed by atoms with Gasteiger partial charge in [-0.15, -0.1) is 0 Å². The van der Waals surface area contributed by atoms with Crippen molar-refractivity contribution in [2.75, 3.05) is 0 Å². The second kappa shape index (κ2) is 10.5. The number of carbonyl (C=O) groups excluding carboxylic acids is 3. The summed E-state index contributed by atoms with van der Waals surface area (Å²) in [6.07, 6.45) is -4.59. The smallest absolute Gasteiger partial charge is 0.338 e. The van der Waals surface area contributed by atoms with Crippen molar-refractivity contribution in [3.8, 4) is 0 Å². The number of ether oxygens (including phenoxy) is 7. The van der Waals surface area contributed by atoms with Crippen molar-refractivity contribution in [2.45, 2.75) is 107 Å². The van der Waals surface area contributed by atoms with Gasteiger partial charge in [-0.25, -0.2) is 4.79 Å². The molecule has 14 atom stereocenters. The summed E-state index contributed by atoms with van der Waals surface area (Å²) in [4.78, 5) is 39.6. The van der Waals surface area contributed by atoms with Crippen molar-refractivity contribution < 1.29 is 52.6 Å². The molecular weight excluding hydrogens is 632 g/mol. The van der Waals surface area contributed by atoms with Crippen molar-refractivity contribution in [2.24, 2.45) is 23.7 Å². The molecule has 49 heavy (non-hydrogen) atoms. The van der Waals surface area contributed by atoms with Crippen LogP contribution in [0.15, 0.2) is 72.8 Å². The Balaban J connectivity index is 1.35. The first-order chi connectivity index (χ1) is 23.2. The standard InChI is InChI=1S/C38H42O11/c1-19(2)36-29-21(4)35(42)26-18-20(3)28(43-22(5)39)37(26)33(45-32(41)24-14-10-8-11-15-24)34(7,48-37)30(44-23(6)40)27(35)31(36)47-38(46-29,49-36)25-16-12-9-13-17-25/h8-17,20-21,26-31,33,42H,1,18H2,2-7H3. The van der Waals surface area contributed by atoms with Gasteiger partial charge in [0, 0.05) is 31.2 Å². The van der Waals surface area contributed by atoms with Gasteiger partial charge in [-0.05, 0) is 43.9 Å². The highest BCUT2D eigenvalue weighted by atomic mass is 16.9. The molecule has 6 aliphatic rings. The van der Waals surface area contributed by atoms with Crippen molar-refractivity contribution in [3.05, 3.63) is 83.9 Å². The number of hydrogen-bond acceptors (Lipinski definition) is 11. The highest BCUT2D eigenvalue weighted by molar-refractivity contribution is 5.89. The second-order valence-electron chi connectivity index (χ2n) is 15.0. The third-order valence-corrected chi connectivity index (χ3v) is 12.3. The van der Waals surface area contributed by atoms with Gasteiger partial charge in [-0.3, -0.25) is 9.59 Å². The summed E-state index contributed by atoms with van der Waals surface area (Å²) < 4.78 is 46.1. The molecule has 11 nitrogen and oxygen atoms in total. The lowest BCUT2D eigenvalue weighted by atomic mass is 9.53. The van der Waals surface area contributed by atoms with Gasteiger partial charge < -0.3 is 38.3 Å². The molecule has 14 unspecified atom stereocenters. The summed E-state index contributed by atoms with van der Waals surface area (Å²) in [5, 5.41) is 13.6. The van der Waals surface area contributed by atoms with E-state index in [1.54, 1.807) is 37.3 Å². The highest BCUT2D eigenvalue weighted by Gasteiger charge is 2.90. The zero-order chi connectivity index (χ0) is 34.9. The van der Waals surface area contributed by atoms with Gasteiger partial charge in [0.25, 0.3) is 0 Å². The lowest BCUT2D eigenvalue weighted by Gasteiger charge is -2.62. The molecule has 1 N–H and O–H groups in total. The predicted molar refractivity (Wildman–Crippen MR) is 170 cm³/mol. The molecule has 11 heteroatoms. The Morgan fingerprint density at radius 2 is 1.43 bits per heavy atom. The third kappa shape index (κ3) is 3.93. The number of fused-ring (bicyclic) bond motifs is 5. The van der Waals surface area contributed by atoms with E-state index in [-0.39, 0.29) is 5.92 Å². The van der Waals surface area contributed by atoms with E-state index in [0.29, 0.717) is 23.1 Å². The van der Waals surface area contributed by atoms with Gasteiger partial charge in [-0.2, -0.15) is 0 Å². The van der Waals surface area contributed by atoms with Crippen LogP contribution in [0.1, 0.15) is 63.9 Å². The fourth-order valence-electron chi connectivity index (χ4n) is 10.5. The van der Waals surface area contributed by atoms with Gasteiger partial charge in [0.1, 0.15) is 35.6 Å². The molecule has 260 valence electrons. The van der Waals surface area contributed by atoms with E-state index in [1.165, 1.54) is 13.8 Å². The minimum Gasteiger partial charge on any atom is -0.459 e. The maximum absolute atomic E-state index is 13.9. The van der Waals surface area contributed by atoms with E-state index in [9.17, 15) is 19.5 Å². The predicted octanol–water partition coefficient (Wildman–Crippen LogP) is 4.21. The van der Waals surface area contributed by atoms with Gasteiger partial charge in [-0.1, -0.05) is 69.0 Å². The molecule has 4 heterocycles. The second-order valence-corrected chi connectivity index (χ2v) is 15.0. The summed E-state index contributed by atoms with van der Waals surface area (Å²) in [6, 6.07) is 17.8. The Morgan fingerprint density at radius 3 is 2.04 bits per heavy atom. The lowest BCUT2D eigenvalue weighted by Crippen LogP contribution is -2.80. The van der Waals surface area contributed by atoms with Crippen LogP contribution >= 0.6 is 0 Å². The number of hydrogen-bond donors (Lipinski definition) is 1. The maximum Gasteiger partial charge on any atom is 0.338 e. The van der Waals surface area contributed by atoms with E-state index in [2.05, 4.69) is 6.58 Å². The van der Waals surface area contributed by atoms with Gasteiger partial charge >= 0.3 is 23.9 Å². The largest absolute Gasteiger partial charge is 0.459 e. The van der Waals surface area contributed by atoms with Crippen LogP contribution in [-0.2, 0) is 48.7 Å². The van der Waals surface area contributed by atoms with E-state index in [0.717, 1.165) is 0 Å². The monoisotopic (exact) mass is 674 g/mol. The van der Waals surface area contributed by atoms with Crippen LogP contribution in [0.2, 0.25) is 0 Å². The molecule has 0 aromatic heterocycles. The topological polar surface area (TPSA) is 136 Å². The molecular formula is C38H42O11. The van der Waals surface area contributed by atoms with Crippen LogP contribution < -0.4 is 0 Å². The minimum absolute atomic E-state index is 0.305. The quantitative estimate of drug-likeness (QED) is 0.268. The van der Waals surface area contributed by atoms with Gasteiger partial charge in [0.2, 0.25) is 0 Å². The molecule has 2 aromatic rings. The maximum atomic E-state index is 13.9. The van der Waals surface area contributed by atoms with Gasteiger partial charge in [0.15, 0.2) is 11.7 Å². The van der Waals surface area contributed by atoms with Crippen LogP contribution in [0.4, 0.5) is 0 Å². The Hall–Kier alpha value is -3.61. The first kappa shape index (κ1) is 32.6. The van der Waals surface area contributed by atoms with Crippen molar-refractivity contribution in [3.63, 3.8) is 0 Å². The summed E-state index contributed by atoms with van der Waals surface area (Å²) in [6.45, 7) is 14.3. The Labute approximate surface area is 284 Å². The van der Waals surface area contributed by atoms with Crippen LogP contribution in [0.3, 0.4) is 0 Å². The molecule has 1 spiro atoms. The molecule has 4 bridgehead atoms. The first-order valence-electron chi connectivity index (χ1n) is 17.0.